The maximum Gasteiger partial charge on any atom is 0.338 e. The van der Waals surface area contributed by atoms with Crippen LogP contribution in [0.5, 0.6) is 5.75 Å². The third-order valence-corrected chi connectivity index (χ3v) is 5.81. The van der Waals surface area contributed by atoms with E-state index in [2.05, 4.69) is 9.97 Å². The lowest BCUT2D eigenvalue weighted by molar-refractivity contribution is 0.0319. The van der Waals surface area contributed by atoms with Crippen molar-refractivity contribution in [1.82, 2.24) is 9.97 Å². The quantitative estimate of drug-likeness (QED) is 0.584. The first kappa shape index (κ1) is 21.0. The number of carbonyl (C=O) groups excluding carboxylic acids is 1. The molecule has 8 heteroatoms. The van der Waals surface area contributed by atoms with Crippen LogP contribution in [0.4, 0.5) is 0 Å². The first-order valence-corrected chi connectivity index (χ1v) is 10.1. The summed E-state index contributed by atoms with van der Waals surface area (Å²) in [4.78, 5) is 34.0. The molecule has 0 spiro atoms. The van der Waals surface area contributed by atoms with Gasteiger partial charge in [-0.25, -0.2) is 9.78 Å². The van der Waals surface area contributed by atoms with Crippen LogP contribution in [0.2, 0.25) is 0 Å². The molecule has 154 valence electrons. The van der Waals surface area contributed by atoms with Crippen molar-refractivity contribution in [2.45, 2.75) is 40.4 Å². The molecule has 1 aromatic carbocycles. The Labute approximate surface area is 172 Å². The zero-order chi connectivity index (χ0) is 21.1. The Kier molecular flexibility index (Phi) is 6.34. The Morgan fingerprint density at radius 2 is 2.07 bits per heavy atom. The normalized spacial score (nSPS) is 12.2. The second kappa shape index (κ2) is 8.75. The van der Waals surface area contributed by atoms with Gasteiger partial charge in [0.1, 0.15) is 10.6 Å². The number of aryl methyl sites for hydroxylation is 2. The largest absolute Gasteiger partial charge is 0.496 e. The fourth-order valence-corrected chi connectivity index (χ4v) is 4.02. The minimum atomic E-state index is -0.709. The van der Waals surface area contributed by atoms with Crippen LogP contribution in [0, 0.1) is 13.8 Å². The standard InChI is InChI=1S/C21H24N2O5S/c1-6-27-10-15-9-14(7-8-16(15)26-5)21(25)28-12(3)18-22-19(24)17-11(2)13(4)29-20(17)23-18/h7-9,12H,6,10H2,1-5H3,(H,22,23,24)/t12-/m0/s1. The molecule has 2 aromatic heterocycles. The average molecular weight is 416 g/mol. The number of nitrogens with one attached hydrogen (secondary N) is 1. The number of aromatic amines is 1. The molecule has 1 N–H and O–H groups in total. The molecule has 0 radical (unpaired) electrons. The third-order valence-electron chi connectivity index (χ3n) is 4.70. The Hall–Kier alpha value is -2.71. The molecule has 3 rings (SSSR count). The van der Waals surface area contributed by atoms with Crippen molar-refractivity contribution in [2.75, 3.05) is 13.7 Å². The lowest BCUT2D eigenvalue weighted by Crippen LogP contribution is -2.17. The Morgan fingerprint density at radius 1 is 1.31 bits per heavy atom. The molecule has 0 aliphatic carbocycles. The van der Waals surface area contributed by atoms with E-state index < -0.39 is 12.1 Å². The molecule has 0 aliphatic rings. The molecule has 29 heavy (non-hydrogen) atoms. The molecule has 0 fully saturated rings. The number of methoxy groups -OCH3 is 1. The van der Waals surface area contributed by atoms with Gasteiger partial charge in [-0.2, -0.15) is 0 Å². The zero-order valence-corrected chi connectivity index (χ0v) is 17.9. The number of hydrogen-bond acceptors (Lipinski definition) is 7. The van der Waals surface area contributed by atoms with Gasteiger partial charge in [-0.1, -0.05) is 0 Å². The SMILES string of the molecule is CCOCc1cc(C(=O)O[C@@H](C)c2nc3sc(C)c(C)c3c(=O)[nH]2)ccc1OC. The van der Waals surface area contributed by atoms with Gasteiger partial charge >= 0.3 is 5.97 Å². The van der Waals surface area contributed by atoms with Crippen molar-refractivity contribution < 1.29 is 19.0 Å². The van der Waals surface area contributed by atoms with Gasteiger partial charge in [-0.15, -0.1) is 11.3 Å². The summed E-state index contributed by atoms with van der Waals surface area (Å²) in [6.45, 7) is 8.32. The summed E-state index contributed by atoms with van der Waals surface area (Å²) in [7, 11) is 1.57. The molecule has 7 nitrogen and oxygen atoms in total. The molecule has 2 heterocycles. The fourth-order valence-electron chi connectivity index (χ4n) is 2.98. The highest BCUT2D eigenvalue weighted by atomic mass is 32.1. The van der Waals surface area contributed by atoms with Crippen molar-refractivity contribution in [1.29, 1.82) is 0 Å². The predicted octanol–water partition coefficient (Wildman–Crippen LogP) is 4.06. The first-order chi connectivity index (χ1) is 13.8. The van der Waals surface area contributed by atoms with Crippen molar-refractivity contribution in [3.63, 3.8) is 0 Å². The maximum atomic E-state index is 12.6. The van der Waals surface area contributed by atoms with E-state index in [9.17, 15) is 9.59 Å². The molecular formula is C21H24N2O5S. The molecule has 0 amide bonds. The van der Waals surface area contributed by atoms with Crippen molar-refractivity contribution in [2.24, 2.45) is 0 Å². The second-order valence-corrected chi connectivity index (χ2v) is 7.83. The first-order valence-electron chi connectivity index (χ1n) is 9.31. The van der Waals surface area contributed by atoms with Crippen LogP contribution in [-0.4, -0.2) is 29.7 Å². The number of nitrogens with zero attached hydrogens (tertiary/aromatic N) is 1. The van der Waals surface area contributed by atoms with Crippen molar-refractivity contribution in [3.8, 4) is 5.75 Å². The van der Waals surface area contributed by atoms with Gasteiger partial charge in [0.15, 0.2) is 11.9 Å². The summed E-state index contributed by atoms with van der Waals surface area (Å²) in [6, 6.07) is 5.03. The number of thiophene rings is 1. The van der Waals surface area contributed by atoms with Crippen molar-refractivity contribution >= 4 is 27.5 Å². The van der Waals surface area contributed by atoms with Crippen LogP contribution in [-0.2, 0) is 16.1 Å². The summed E-state index contributed by atoms with van der Waals surface area (Å²) in [5.74, 6) is 0.447. The molecule has 0 bridgehead atoms. The highest BCUT2D eigenvalue weighted by molar-refractivity contribution is 7.18. The minimum Gasteiger partial charge on any atom is -0.496 e. The topological polar surface area (TPSA) is 90.5 Å². The van der Waals surface area contributed by atoms with Crippen LogP contribution < -0.4 is 10.3 Å². The summed E-state index contributed by atoms with van der Waals surface area (Å²) >= 11 is 1.45. The van der Waals surface area contributed by atoms with Gasteiger partial charge in [0, 0.05) is 17.0 Å². The summed E-state index contributed by atoms with van der Waals surface area (Å²) in [5, 5.41) is 0.588. The molecule has 0 saturated carbocycles. The van der Waals surface area contributed by atoms with Gasteiger partial charge in [-0.05, 0) is 51.5 Å². The van der Waals surface area contributed by atoms with E-state index in [1.54, 1.807) is 32.2 Å². The minimum absolute atomic E-state index is 0.224. The Balaban J connectivity index is 1.83. The van der Waals surface area contributed by atoms with E-state index in [1.165, 1.54) is 11.3 Å². The van der Waals surface area contributed by atoms with E-state index in [-0.39, 0.29) is 5.56 Å². The number of hydrogen-bond donors (Lipinski definition) is 1. The van der Waals surface area contributed by atoms with E-state index >= 15 is 0 Å². The zero-order valence-electron chi connectivity index (χ0n) is 17.1. The molecule has 1 atom stereocenters. The van der Waals surface area contributed by atoms with Crippen LogP contribution >= 0.6 is 11.3 Å². The summed E-state index contributed by atoms with van der Waals surface area (Å²) in [6.07, 6.45) is -0.709. The number of H-pyrrole nitrogens is 1. The predicted molar refractivity (Wildman–Crippen MR) is 112 cm³/mol. The average Bonchev–Trinajstić information content (AvgIpc) is 3.00. The Bertz CT molecular complexity index is 1100. The van der Waals surface area contributed by atoms with Crippen molar-refractivity contribution in [3.05, 3.63) is 55.9 Å². The maximum absolute atomic E-state index is 12.6. The van der Waals surface area contributed by atoms with Gasteiger partial charge in [0.2, 0.25) is 0 Å². The monoisotopic (exact) mass is 416 g/mol. The van der Waals surface area contributed by atoms with E-state index in [0.717, 1.165) is 16.0 Å². The van der Waals surface area contributed by atoms with Gasteiger partial charge < -0.3 is 19.2 Å². The number of benzene rings is 1. The Morgan fingerprint density at radius 3 is 2.76 bits per heavy atom. The van der Waals surface area contributed by atoms with Crippen LogP contribution in [0.25, 0.3) is 10.2 Å². The molecule has 0 saturated heterocycles. The smallest absolute Gasteiger partial charge is 0.338 e. The second-order valence-electron chi connectivity index (χ2n) is 6.63. The number of carbonyl (C=O) groups is 1. The van der Waals surface area contributed by atoms with E-state index in [1.807, 2.05) is 20.8 Å². The molecule has 0 aliphatic heterocycles. The molecule has 3 aromatic rings. The van der Waals surface area contributed by atoms with Crippen LogP contribution in [0.15, 0.2) is 23.0 Å². The summed E-state index contributed by atoms with van der Waals surface area (Å²) in [5.41, 5.74) is 1.83. The lowest BCUT2D eigenvalue weighted by Gasteiger charge is -2.14. The number of rotatable bonds is 7. The number of ether oxygens (including phenoxy) is 3. The van der Waals surface area contributed by atoms with Gasteiger partial charge in [0.05, 0.1) is 24.7 Å². The highest BCUT2D eigenvalue weighted by Gasteiger charge is 2.20. The number of aromatic nitrogens is 2. The van der Waals surface area contributed by atoms with Gasteiger partial charge in [0.25, 0.3) is 5.56 Å². The van der Waals surface area contributed by atoms with E-state index in [0.29, 0.717) is 40.6 Å². The van der Waals surface area contributed by atoms with Crippen LogP contribution in [0.3, 0.4) is 0 Å². The van der Waals surface area contributed by atoms with E-state index in [4.69, 9.17) is 14.2 Å². The molecule has 0 unspecified atom stereocenters. The van der Waals surface area contributed by atoms with Gasteiger partial charge in [-0.3, -0.25) is 4.79 Å². The number of esters is 1. The lowest BCUT2D eigenvalue weighted by atomic mass is 10.1. The highest BCUT2D eigenvalue weighted by Crippen LogP contribution is 2.27. The molecular weight excluding hydrogens is 392 g/mol. The fraction of sp³-hybridized carbons (Fsp3) is 0.381. The van der Waals surface area contributed by atoms with Crippen LogP contribution in [0.1, 0.15) is 52.1 Å². The third kappa shape index (κ3) is 4.33. The number of fused-ring (bicyclic) bond motifs is 1. The summed E-state index contributed by atoms with van der Waals surface area (Å²) < 4.78 is 16.3.